The van der Waals surface area contributed by atoms with Crippen molar-refractivity contribution in [2.75, 3.05) is 13.2 Å². The molecule has 78 valence electrons. The number of hydrogen-bond acceptors (Lipinski definition) is 3. The second kappa shape index (κ2) is 8.05. The van der Waals surface area contributed by atoms with E-state index in [-0.39, 0.29) is 25.1 Å². The molecular formula is C10H20O3. The van der Waals surface area contributed by atoms with Gasteiger partial charge in [-0.1, -0.05) is 26.7 Å². The minimum atomic E-state index is -0.162. The summed E-state index contributed by atoms with van der Waals surface area (Å²) in [5.41, 5.74) is 0. The van der Waals surface area contributed by atoms with Crippen LogP contribution in [0.15, 0.2) is 0 Å². The Morgan fingerprint density at radius 3 is 2.62 bits per heavy atom. The molecule has 0 saturated carbocycles. The number of unbranched alkanes of at least 4 members (excludes halogenated alkanes) is 1. The largest absolute Gasteiger partial charge is 0.463 e. The van der Waals surface area contributed by atoms with Crippen LogP contribution in [0, 0.1) is 5.92 Å². The fourth-order valence-corrected chi connectivity index (χ4v) is 1.20. The Bertz CT molecular complexity index is 134. The molecule has 0 aromatic heterocycles. The molecule has 0 rings (SSSR count). The van der Waals surface area contributed by atoms with E-state index in [1.165, 1.54) is 0 Å². The van der Waals surface area contributed by atoms with E-state index in [9.17, 15) is 4.79 Å². The van der Waals surface area contributed by atoms with Crippen molar-refractivity contribution < 1.29 is 14.6 Å². The zero-order valence-corrected chi connectivity index (χ0v) is 8.58. The normalized spacial score (nSPS) is 12.5. The molecule has 0 aliphatic carbocycles. The van der Waals surface area contributed by atoms with Crippen LogP contribution in [0.25, 0.3) is 0 Å². The van der Waals surface area contributed by atoms with Crippen LogP contribution in [0.2, 0.25) is 0 Å². The van der Waals surface area contributed by atoms with Gasteiger partial charge in [0.05, 0.1) is 12.5 Å². The molecule has 0 aromatic carbocycles. The lowest BCUT2D eigenvalue weighted by Crippen LogP contribution is -2.18. The molecule has 1 atom stereocenters. The second-order valence-electron chi connectivity index (χ2n) is 3.14. The maximum absolute atomic E-state index is 11.3. The highest BCUT2D eigenvalue weighted by Crippen LogP contribution is 2.13. The van der Waals surface area contributed by atoms with E-state index in [0.29, 0.717) is 0 Å². The molecule has 0 aromatic rings. The van der Waals surface area contributed by atoms with Crippen LogP contribution < -0.4 is 0 Å². The van der Waals surface area contributed by atoms with Gasteiger partial charge in [0, 0.05) is 0 Å². The zero-order valence-electron chi connectivity index (χ0n) is 8.58. The van der Waals surface area contributed by atoms with Crippen molar-refractivity contribution in [3.05, 3.63) is 0 Å². The predicted molar refractivity (Wildman–Crippen MR) is 51.4 cm³/mol. The second-order valence-corrected chi connectivity index (χ2v) is 3.14. The van der Waals surface area contributed by atoms with Crippen LogP contribution in [0.5, 0.6) is 0 Å². The van der Waals surface area contributed by atoms with E-state index in [1.54, 1.807) is 0 Å². The first-order valence-corrected chi connectivity index (χ1v) is 5.03. The number of hydrogen-bond donors (Lipinski definition) is 1. The van der Waals surface area contributed by atoms with E-state index in [1.807, 2.05) is 6.92 Å². The molecule has 0 radical (unpaired) electrons. The Labute approximate surface area is 80.1 Å². The van der Waals surface area contributed by atoms with Crippen LogP contribution in [0.1, 0.15) is 39.5 Å². The third-order valence-electron chi connectivity index (χ3n) is 2.07. The number of carbonyl (C=O) groups excluding carboxylic acids is 1. The molecule has 3 nitrogen and oxygen atoms in total. The third kappa shape index (κ3) is 5.64. The Hall–Kier alpha value is -0.570. The highest BCUT2D eigenvalue weighted by molar-refractivity contribution is 5.72. The van der Waals surface area contributed by atoms with E-state index in [4.69, 9.17) is 9.84 Å². The summed E-state index contributed by atoms with van der Waals surface area (Å²) in [7, 11) is 0. The minimum Gasteiger partial charge on any atom is -0.463 e. The molecule has 0 saturated heterocycles. The fourth-order valence-electron chi connectivity index (χ4n) is 1.20. The minimum absolute atomic E-state index is 0.0199. The highest BCUT2D eigenvalue weighted by Gasteiger charge is 2.16. The summed E-state index contributed by atoms with van der Waals surface area (Å²) in [5, 5.41) is 8.47. The summed E-state index contributed by atoms with van der Waals surface area (Å²) in [5.74, 6) is -0.142. The van der Waals surface area contributed by atoms with Crippen molar-refractivity contribution in [2.45, 2.75) is 39.5 Å². The first-order chi connectivity index (χ1) is 6.26. The lowest BCUT2D eigenvalue weighted by Gasteiger charge is -2.12. The van der Waals surface area contributed by atoms with Gasteiger partial charge < -0.3 is 9.84 Å². The molecule has 0 aliphatic heterocycles. The number of carbonyl (C=O) groups is 1. The summed E-state index contributed by atoms with van der Waals surface area (Å²) in [4.78, 5) is 11.3. The van der Waals surface area contributed by atoms with Gasteiger partial charge in [-0.2, -0.15) is 0 Å². The molecule has 0 bridgehead atoms. The van der Waals surface area contributed by atoms with Crippen LogP contribution in [-0.2, 0) is 9.53 Å². The average Bonchev–Trinajstić information content (AvgIpc) is 2.16. The molecule has 1 N–H and O–H groups in total. The monoisotopic (exact) mass is 188 g/mol. The molecule has 0 aliphatic rings. The van der Waals surface area contributed by atoms with Gasteiger partial charge in [-0.15, -0.1) is 0 Å². The molecule has 0 heterocycles. The third-order valence-corrected chi connectivity index (χ3v) is 2.07. The summed E-state index contributed by atoms with van der Waals surface area (Å²) in [6, 6.07) is 0. The maximum atomic E-state index is 11.3. The highest BCUT2D eigenvalue weighted by atomic mass is 16.5. The van der Waals surface area contributed by atoms with Crippen molar-refractivity contribution in [1.82, 2.24) is 0 Å². The SMILES string of the molecule is CCCCC(CC)C(=O)OCCO. The Morgan fingerprint density at radius 1 is 1.46 bits per heavy atom. The fraction of sp³-hybridized carbons (Fsp3) is 0.900. The number of aliphatic hydroxyl groups is 1. The van der Waals surface area contributed by atoms with E-state index >= 15 is 0 Å². The van der Waals surface area contributed by atoms with Crippen LogP contribution >= 0.6 is 0 Å². The van der Waals surface area contributed by atoms with Crippen LogP contribution in [0.4, 0.5) is 0 Å². The molecule has 13 heavy (non-hydrogen) atoms. The average molecular weight is 188 g/mol. The van der Waals surface area contributed by atoms with Gasteiger partial charge in [-0.05, 0) is 12.8 Å². The van der Waals surface area contributed by atoms with E-state index < -0.39 is 0 Å². The van der Waals surface area contributed by atoms with Crippen LogP contribution in [0.3, 0.4) is 0 Å². The summed E-state index contributed by atoms with van der Waals surface area (Å²) in [6.45, 7) is 4.13. The van der Waals surface area contributed by atoms with Gasteiger partial charge in [-0.3, -0.25) is 4.79 Å². The standard InChI is InChI=1S/C10H20O3/c1-3-5-6-9(4-2)10(12)13-8-7-11/h9,11H,3-8H2,1-2H3. The smallest absolute Gasteiger partial charge is 0.308 e. The van der Waals surface area contributed by atoms with Gasteiger partial charge in [0.1, 0.15) is 6.61 Å². The van der Waals surface area contributed by atoms with Crippen molar-refractivity contribution in [2.24, 2.45) is 5.92 Å². The van der Waals surface area contributed by atoms with Crippen molar-refractivity contribution in [3.8, 4) is 0 Å². The first kappa shape index (κ1) is 12.4. The first-order valence-electron chi connectivity index (χ1n) is 5.03. The zero-order chi connectivity index (χ0) is 10.1. The Kier molecular flexibility index (Phi) is 7.69. The summed E-state index contributed by atoms with van der Waals surface area (Å²) in [6.07, 6.45) is 3.89. The summed E-state index contributed by atoms with van der Waals surface area (Å²) < 4.78 is 4.85. The molecule has 0 fully saturated rings. The number of rotatable bonds is 7. The quantitative estimate of drug-likeness (QED) is 0.619. The number of aliphatic hydroxyl groups excluding tert-OH is 1. The van der Waals surface area contributed by atoms with E-state index in [0.717, 1.165) is 25.7 Å². The Balaban J connectivity index is 3.71. The predicted octanol–water partition coefficient (Wildman–Crippen LogP) is 1.74. The van der Waals surface area contributed by atoms with Crippen molar-refractivity contribution in [3.63, 3.8) is 0 Å². The van der Waals surface area contributed by atoms with Gasteiger partial charge in [0.15, 0.2) is 0 Å². The Morgan fingerprint density at radius 2 is 2.15 bits per heavy atom. The van der Waals surface area contributed by atoms with Gasteiger partial charge in [0.25, 0.3) is 0 Å². The van der Waals surface area contributed by atoms with Gasteiger partial charge in [-0.25, -0.2) is 0 Å². The lowest BCUT2D eigenvalue weighted by molar-refractivity contribution is -0.149. The number of ether oxygens (including phenoxy) is 1. The van der Waals surface area contributed by atoms with Gasteiger partial charge in [0.2, 0.25) is 0 Å². The van der Waals surface area contributed by atoms with Crippen molar-refractivity contribution in [1.29, 1.82) is 0 Å². The molecule has 3 heteroatoms. The summed E-state index contributed by atoms with van der Waals surface area (Å²) >= 11 is 0. The van der Waals surface area contributed by atoms with Gasteiger partial charge >= 0.3 is 5.97 Å². The van der Waals surface area contributed by atoms with Crippen LogP contribution in [-0.4, -0.2) is 24.3 Å². The molecular weight excluding hydrogens is 168 g/mol. The molecule has 1 unspecified atom stereocenters. The maximum Gasteiger partial charge on any atom is 0.308 e. The molecule has 0 amide bonds. The number of esters is 1. The van der Waals surface area contributed by atoms with Crippen molar-refractivity contribution >= 4 is 5.97 Å². The van der Waals surface area contributed by atoms with E-state index in [2.05, 4.69) is 6.92 Å². The molecule has 0 spiro atoms. The topological polar surface area (TPSA) is 46.5 Å². The lowest BCUT2D eigenvalue weighted by atomic mass is 10.00.